The lowest BCUT2D eigenvalue weighted by Gasteiger charge is -2.20. The second kappa shape index (κ2) is 9.41. The van der Waals surface area contributed by atoms with Crippen LogP contribution in [0.2, 0.25) is 0 Å². The first-order valence-electron chi connectivity index (χ1n) is 9.92. The lowest BCUT2D eigenvalue weighted by Crippen LogP contribution is -2.35. The lowest BCUT2D eigenvalue weighted by molar-refractivity contribution is -0.135. The molecule has 0 spiro atoms. The molecule has 31 heavy (non-hydrogen) atoms. The zero-order valence-electron chi connectivity index (χ0n) is 18.6. The highest BCUT2D eigenvalue weighted by Crippen LogP contribution is 2.29. The van der Waals surface area contributed by atoms with Crippen molar-refractivity contribution in [3.05, 3.63) is 47.5 Å². The van der Waals surface area contributed by atoms with Gasteiger partial charge in [-0.2, -0.15) is 14.9 Å². The molecule has 2 heterocycles. The molecule has 0 radical (unpaired) electrons. The number of aryl methyl sites for hydroxylation is 2. The van der Waals surface area contributed by atoms with E-state index in [1.54, 1.807) is 42.7 Å². The van der Waals surface area contributed by atoms with Crippen molar-refractivity contribution in [2.75, 3.05) is 20.7 Å². The molecule has 0 saturated carbocycles. The molecule has 164 valence electrons. The van der Waals surface area contributed by atoms with Crippen molar-refractivity contribution in [1.29, 1.82) is 0 Å². The van der Waals surface area contributed by atoms with Crippen LogP contribution in [0.5, 0.6) is 11.5 Å². The molecule has 1 amide bonds. The Bertz CT molecular complexity index is 1080. The molecule has 3 rings (SSSR count). The maximum Gasteiger partial charge on any atom is 0.273 e. The van der Waals surface area contributed by atoms with Gasteiger partial charge >= 0.3 is 0 Å². The summed E-state index contributed by atoms with van der Waals surface area (Å²) >= 11 is 0. The van der Waals surface area contributed by atoms with Crippen LogP contribution in [0.3, 0.4) is 0 Å². The summed E-state index contributed by atoms with van der Waals surface area (Å²) < 4.78 is 14.8. The molecule has 0 N–H and O–H groups in total. The fourth-order valence-corrected chi connectivity index (χ4v) is 2.98. The fraction of sp³-hybridized carbons (Fsp3) is 0.381. The van der Waals surface area contributed by atoms with Crippen molar-refractivity contribution in [2.24, 2.45) is 5.10 Å². The number of likely N-dealkylation sites (N-methyl/N-ethyl adjacent to an activating group) is 1. The second-order valence-electron chi connectivity index (χ2n) is 7.19. The quantitative estimate of drug-likeness (QED) is 0.513. The number of benzene rings is 1. The van der Waals surface area contributed by atoms with Crippen LogP contribution in [0.15, 0.2) is 35.7 Å². The van der Waals surface area contributed by atoms with Gasteiger partial charge in [0.05, 0.1) is 18.5 Å². The Morgan fingerprint density at radius 3 is 2.68 bits per heavy atom. The van der Waals surface area contributed by atoms with Crippen molar-refractivity contribution in [1.82, 2.24) is 29.6 Å². The number of nitrogens with zero attached hydrogens (tertiary/aromatic N) is 7. The topological polar surface area (TPSA) is 99.7 Å². The zero-order valence-corrected chi connectivity index (χ0v) is 18.6. The predicted octanol–water partition coefficient (Wildman–Crippen LogP) is 2.22. The standard InChI is InChI=1S/C21H27N7O3/c1-7-30-19-11-17(8-9-18(19)31-16(4)20(29)26(5)6)12-23-27-13-22-24-21(27)28-15(3)10-14(2)25-28/h8-13,16H,7H2,1-6H3/b23-12-/t16-/m1/s1. The first-order chi connectivity index (χ1) is 14.8. The summed E-state index contributed by atoms with van der Waals surface area (Å²) in [6.45, 7) is 7.91. The van der Waals surface area contributed by atoms with Crippen LogP contribution in [0.1, 0.15) is 30.8 Å². The van der Waals surface area contributed by atoms with Crippen molar-refractivity contribution in [3.63, 3.8) is 0 Å². The minimum atomic E-state index is -0.630. The summed E-state index contributed by atoms with van der Waals surface area (Å²) in [5.74, 6) is 1.39. The maximum atomic E-state index is 12.1. The molecule has 0 fully saturated rings. The Kier molecular flexibility index (Phi) is 6.68. The van der Waals surface area contributed by atoms with E-state index in [2.05, 4.69) is 20.4 Å². The Balaban J connectivity index is 1.84. The van der Waals surface area contributed by atoms with Gasteiger partial charge < -0.3 is 14.4 Å². The van der Waals surface area contributed by atoms with Gasteiger partial charge in [-0.25, -0.2) is 4.68 Å². The van der Waals surface area contributed by atoms with Crippen LogP contribution in [0.25, 0.3) is 5.95 Å². The van der Waals surface area contributed by atoms with Gasteiger partial charge in [0, 0.05) is 19.8 Å². The Labute approximate surface area is 181 Å². The highest BCUT2D eigenvalue weighted by Gasteiger charge is 2.19. The minimum Gasteiger partial charge on any atom is -0.490 e. The number of aromatic nitrogens is 5. The van der Waals surface area contributed by atoms with Crippen molar-refractivity contribution >= 4 is 12.1 Å². The number of hydrogen-bond donors (Lipinski definition) is 0. The lowest BCUT2D eigenvalue weighted by atomic mass is 10.2. The summed E-state index contributed by atoms with van der Waals surface area (Å²) in [6, 6.07) is 7.36. The highest BCUT2D eigenvalue weighted by atomic mass is 16.5. The molecule has 0 aliphatic carbocycles. The smallest absolute Gasteiger partial charge is 0.273 e. The third-order valence-corrected chi connectivity index (χ3v) is 4.40. The maximum absolute atomic E-state index is 12.1. The van der Waals surface area contributed by atoms with E-state index in [1.807, 2.05) is 39.0 Å². The molecular formula is C21H27N7O3. The van der Waals surface area contributed by atoms with Crippen LogP contribution >= 0.6 is 0 Å². The normalized spacial score (nSPS) is 12.2. The molecule has 10 heteroatoms. The van der Waals surface area contributed by atoms with Crippen LogP contribution in [-0.2, 0) is 4.79 Å². The molecule has 10 nitrogen and oxygen atoms in total. The number of hydrogen-bond acceptors (Lipinski definition) is 7. The van der Waals surface area contributed by atoms with E-state index >= 15 is 0 Å². The van der Waals surface area contributed by atoms with Crippen molar-refractivity contribution in [2.45, 2.75) is 33.8 Å². The second-order valence-corrected chi connectivity index (χ2v) is 7.19. The first kappa shape index (κ1) is 22.0. The average molecular weight is 425 g/mol. The van der Waals surface area contributed by atoms with Crippen molar-refractivity contribution in [3.8, 4) is 17.4 Å². The predicted molar refractivity (Wildman–Crippen MR) is 116 cm³/mol. The van der Waals surface area contributed by atoms with E-state index < -0.39 is 6.10 Å². The number of ether oxygens (including phenoxy) is 2. The minimum absolute atomic E-state index is 0.127. The van der Waals surface area contributed by atoms with E-state index in [9.17, 15) is 4.79 Å². The summed E-state index contributed by atoms with van der Waals surface area (Å²) in [5, 5.41) is 16.9. The molecule has 0 aliphatic rings. The van der Waals surface area contributed by atoms with Gasteiger partial charge in [0.1, 0.15) is 6.33 Å². The third kappa shape index (κ3) is 5.08. The molecular weight excluding hydrogens is 398 g/mol. The molecule has 0 unspecified atom stereocenters. The average Bonchev–Trinajstić information content (AvgIpc) is 3.32. The van der Waals surface area contributed by atoms with E-state index in [0.29, 0.717) is 24.1 Å². The largest absolute Gasteiger partial charge is 0.490 e. The van der Waals surface area contributed by atoms with Gasteiger partial charge in [0.25, 0.3) is 11.9 Å². The van der Waals surface area contributed by atoms with Crippen LogP contribution in [0.4, 0.5) is 0 Å². The van der Waals surface area contributed by atoms with Crippen LogP contribution < -0.4 is 9.47 Å². The van der Waals surface area contributed by atoms with E-state index in [1.165, 1.54) is 11.2 Å². The number of amides is 1. The molecule has 1 atom stereocenters. The number of rotatable bonds is 8. The Hall–Kier alpha value is -3.69. The SMILES string of the molecule is CCOc1cc(/C=N\n2cnnc2-n2nc(C)cc2C)ccc1O[C@H](C)C(=O)N(C)C. The van der Waals surface area contributed by atoms with E-state index in [0.717, 1.165) is 17.0 Å². The molecule has 1 aromatic carbocycles. The van der Waals surface area contributed by atoms with E-state index in [4.69, 9.17) is 9.47 Å². The van der Waals surface area contributed by atoms with Crippen molar-refractivity contribution < 1.29 is 14.3 Å². The van der Waals surface area contributed by atoms with E-state index in [-0.39, 0.29) is 5.91 Å². The molecule has 2 aromatic heterocycles. The monoisotopic (exact) mass is 425 g/mol. The van der Waals surface area contributed by atoms with Gasteiger partial charge in [-0.1, -0.05) is 0 Å². The fourth-order valence-electron chi connectivity index (χ4n) is 2.98. The Morgan fingerprint density at radius 2 is 2.03 bits per heavy atom. The molecule has 0 bridgehead atoms. The Morgan fingerprint density at radius 1 is 1.26 bits per heavy atom. The summed E-state index contributed by atoms with van der Waals surface area (Å²) in [7, 11) is 3.38. The van der Waals surface area contributed by atoms with Gasteiger partial charge in [-0.15, -0.1) is 10.2 Å². The van der Waals surface area contributed by atoms with Crippen LogP contribution in [-0.4, -0.2) is 68.5 Å². The zero-order chi connectivity index (χ0) is 22.5. The summed E-state index contributed by atoms with van der Waals surface area (Å²) in [5.41, 5.74) is 2.61. The van der Waals surface area contributed by atoms with Gasteiger partial charge in [-0.3, -0.25) is 4.79 Å². The third-order valence-electron chi connectivity index (χ3n) is 4.40. The van der Waals surface area contributed by atoms with Crippen LogP contribution in [0, 0.1) is 13.8 Å². The molecule has 0 aliphatic heterocycles. The van der Waals surface area contributed by atoms with Gasteiger partial charge in [0.15, 0.2) is 17.6 Å². The van der Waals surface area contributed by atoms with Gasteiger partial charge in [0.2, 0.25) is 0 Å². The molecule has 3 aromatic rings. The summed E-state index contributed by atoms with van der Waals surface area (Å²) in [4.78, 5) is 13.6. The number of carbonyl (C=O) groups is 1. The summed E-state index contributed by atoms with van der Waals surface area (Å²) in [6.07, 6.45) is 2.55. The number of carbonyl (C=O) groups excluding carboxylic acids is 1. The molecule has 0 saturated heterocycles. The highest BCUT2D eigenvalue weighted by molar-refractivity contribution is 5.82. The van der Waals surface area contributed by atoms with Gasteiger partial charge in [-0.05, 0) is 57.5 Å². The first-order valence-corrected chi connectivity index (χ1v) is 9.92.